The van der Waals surface area contributed by atoms with Crippen LogP contribution in [0.25, 0.3) is 0 Å². The first-order chi connectivity index (χ1) is 14.7. The number of rotatable bonds is 10. The molecule has 4 heteroatoms. The fourth-order valence-corrected chi connectivity index (χ4v) is 5.05. The molecule has 2 aromatic carbocycles. The van der Waals surface area contributed by atoms with Gasteiger partial charge in [0.15, 0.2) is 0 Å². The molecule has 2 bridgehead atoms. The summed E-state index contributed by atoms with van der Waals surface area (Å²) in [7, 11) is 0. The van der Waals surface area contributed by atoms with Crippen LogP contribution in [0.5, 0.6) is 0 Å². The van der Waals surface area contributed by atoms with E-state index in [9.17, 15) is 9.90 Å². The summed E-state index contributed by atoms with van der Waals surface area (Å²) in [6, 6.07) is 19.9. The molecule has 1 saturated carbocycles. The molecule has 0 unspecified atom stereocenters. The number of fused-ring (bicyclic) bond motifs is 2. The fourth-order valence-electron chi connectivity index (χ4n) is 5.05. The topological polar surface area (TPSA) is 58.6 Å². The van der Waals surface area contributed by atoms with Crippen molar-refractivity contribution in [1.29, 1.82) is 0 Å². The Morgan fingerprint density at radius 1 is 1.00 bits per heavy atom. The van der Waals surface area contributed by atoms with Crippen molar-refractivity contribution in [2.24, 2.45) is 23.7 Å². The first kappa shape index (κ1) is 20.8. The maximum absolute atomic E-state index is 13.2. The van der Waals surface area contributed by atoms with Gasteiger partial charge in [0.2, 0.25) is 5.91 Å². The van der Waals surface area contributed by atoms with E-state index in [0.717, 1.165) is 18.4 Å². The van der Waals surface area contributed by atoms with Crippen LogP contribution < -0.4 is 5.32 Å². The van der Waals surface area contributed by atoms with Crippen LogP contribution in [0.3, 0.4) is 0 Å². The van der Waals surface area contributed by atoms with E-state index in [4.69, 9.17) is 4.74 Å². The van der Waals surface area contributed by atoms with Crippen LogP contribution in [0.15, 0.2) is 72.8 Å². The van der Waals surface area contributed by atoms with E-state index >= 15 is 0 Å². The number of benzene rings is 2. The summed E-state index contributed by atoms with van der Waals surface area (Å²) in [5.74, 6) is 1.14. The molecule has 2 aliphatic rings. The number of hydrogen-bond acceptors (Lipinski definition) is 3. The lowest BCUT2D eigenvalue weighted by Crippen LogP contribution is -2.45. The summed E-state index contributed by atoms with van der Waals surface area (Å²) >= 11 is 0. The summed E-state index contributed by atoms with van der Waals surface area (Å²) in [5, 5.41) is 12.9. The Morgan fingerprint density at radius 2 is 1.67 bits per heavy atom. The summed E-state index contributed by atoms with van der Waals surface area (Å²) < 4.78 is 5.90. The second-order valence-corrected chi connectivity index (χ2v) is 8.54. The molecule has 0 radical (unpaired) electrons. The van der Waals surface area contributed by atoms with Crippen LogP contribution in [-0.2, 0) is 22.6 Å². The monoisotopic (exact) mass is 405 g/mol. The Morgan fingerprint density at radius 3 is 2.37 bits per heavy atom. The Hall–Kier alpha value is -2.43. The van der Waals surface area contributed by atoms with Crippen LogP contribution in [0.1, 0.15) is 24.0 Å². The average molecular weight is 406 g/mol. The fraction of sp³-hybridized carbons (Fsp3) is 0.423. The van der Waals surface area contributed by atoms with E-state index in [0.29, 0.717) is 37.4 Å². The standard InChI is InChI=1S/C26H31NO3/c28-17-23(15-19-7-3-1-4-8-19)27-26(29)25-22-12-11-21(16-22)24(25)13-14-30-18-20-9-5-2-6-10-20/h1-12,21-25,28H,13-18H2,(H,27,29)/t21-,22+,23-,24+,25+/m0/s1. The number of carbonyl (C=O) groups excluding carboxylic acids is 1. The number of hydrogen-bond donors (Lipinski definition) is 2. The number of nitrogens with one attached hydrogen (secondary N) is 1. The summed E-state index contributed by atoms with van der Waals surface area (Å²) in [5.41, 5.74) is 2.29. The van der Waals surface area contributed by atoms with E-state index < -0.39 is 0 Å². The lowest BCUT2D eigenvalue weighted by atomic mass is 9.80. The van der Waals surface area contributed by atoms with Crippen molar-refractivity contribution in [2.75, 3.05) is 13.2 Å². The van der Waals surface area contributed by atoms with E-state index in [-0.39, 0.29) is 24.5 Å². The lowest BCUT2D eigenvalue weighted by Gasteiger charge is -2.29. The molecule has 0 aliphatic heterocycles. The molecule has 0 spiro atoms. The highest BCUT2D eigenvalue weighted by Crippen LogP contribution is 2.49. The van der Waals surface area contributed by atoms with Gasteiger partial charge in [-0.25, -0.2) is 0 Å². The lowest BCUT2D eigenvalue weighted by molar-refractivity contribution is -0.128. The van der Waals surface area contributed by atoms with Gasteiger partial charge in [0.1, 0.15) is 0 Å². The van der Waals surface area contributed by atoms with Gasteiger partial charge in [-0.1, -0.05) is 72.8 Å². The molecule has 1 amide bonds. The summed E-state index contributed by atoms with van der Waals surface area (Å²) in [6.45, 7) is 1.22. The number of amides is 1. The number of aliphatic hydroxyl groups is 1. The second-order valence-electron chi connectivity index (χ2n) is 8.54. The maximum Gasteiger partial charge on any atom is 0.224 e. The van der Waals surface area contributed by atoms with Gasteiger partial charge >= 0.3 is 0 Å². The van der Waals surface area contributed by atoms with Crippen LogP contribution in [-0.4, -0.2) is 30.3 Å². The van der Waals surface area contributed by atoms with Gasteiger partial charge in [-0.3, -0.25) is 4.79 Å². The molecule has 30 heavy (non-hydrogen) atoms. The van der Waals surface area contributed by atoms with Gasteiger partial charge in [0.25, 0.3) is 0 Å². The zero-order valence-electron chi connectivity index (χ0n) is 17.3. The highest BCUT2D eigenvalue weighted by molar-refractivity contribution is 5.80. The average Bonchev–Trinajstić information content (AvgIpc) is 3.39. The van der Waals surface area contributed by atoms with Gasteiger partial charge in [-0.2, -0.15) is 0 Å². The molecule has 0 aromatic heterocycles. The molecular formula is C26H31NO3. The van der Waals surface area contributed by atoms with Crippen molar-refractivity contribution in [1.82, 2.24) is 5.32 Å². The van der Waals surface area contributed by atoms with E-state index in [1.54, 1.807) is 0 Å². The smallest absolute Gasteiger partial charge is 0.224 e. The van der Waals surface area contributed by atoms with Crippen molar-refractivity contribution >= 4 is 5.91 Å². The molecule has 158 valence electrons. The molecule has 1 fully saturated rings. The highest BCUT2D eigenvalue weighted by Gasteiger charge is 2.47. The van der Waals surface area contributed by atoms with E-state index in [2.05, 4.69) is 29.6 Å². The van der Waals surface area contributed by atoms with Gasteiger partial charge < -0.3 is 15.2 Å². The molecule has 0 saturated heterocycles. The molecule has 5 atom stereocenters. The first-order valence-electron chi connectivity index (χ1n) is 11.0. The van der Waals surface area contributed by atoms with Crippen molar-refractivity contribution < 1.29 is 14.6 Å². The van der Waals surface area contributed by atoms with E-state index in [1.807, 2.05) is 48.5 Å². The molecule has 2 aromatic rings. The molecule has 0 heterocycles. The molecule has 2 aliphatic carbocycles. The predicted octanol–water partition coefficient (Wildman–Crippen LogP) is 3.75. The van der Waals surface area contributed by atoms with Gasteiger partial charge in [-0.15, -0.1) is 0 Å². The first-order valence-corrected chi connectivity index (χ1v) is 11.0. The third-order valence-electron chi connectivity index (χ3n) is 6.52. The Labute approximate surface area is 179 Å². The molecule has 4 rings (SSSR count). The predicted molar refractivity (Wildman–Crippen MR) is 118 cm³/mol. The second kappa shape index (κ2) is 10.1. The third kappa shape index (κ3) is 5.00. The minimum atomic E-state index is -0.252. The summed E-state index contributed by atoms with van der Waals surface area (Å²) in [6.07, 6.45) is 7.08. The largest absolute Gasteiger partial charge is 0.394 e. The summed E-state index contributed by atoms with van der Waals surface area (Å²) in [4.78, 5) is 13.2. The zero-order valence-corrected chi connectivity index (χ0v) is 17.3. The van der Waals surface area contributed by atoms with Crippen molar-refractivity contribution in [3.63, 3.8) is 0 Å². The Bertz CT molecular complexity index is 836. The molecular weight excluding hydrogens is 374 g/mol. The van der Waals surface area contributed by atoms with E-state index in [1.165, 1.54) is 5.56 Å². The van der Waals surface area contributed by atoms with Gasteiger partial charge in [-0.05, 0) is 48.1 Å². The zero-order chi connectivity index (χ0) is 20.8. The van der Waals surface area contributed by atoms with Gasteiger partial charge in [0.05, 0.1) is 19.3 Å². The Balaban J connectivity index is 1.31. The van der Waals surface area contributed by atoms with Crippen molar-refractivity contribution in [3.05, 3.63) is 83.9 Å². The van der Waals surface area contributed by atoms with Crippen LogP contribution in [0, 0.1) is 23.7 Å². The van der Waals surface area contributed by atoms with Crippen LogP contribution >= 0.6 is 0 Å². The highest BCUT2D eigenvalue weighted by atomic mass is 16.5. The van der Waals surface area contributed by atoms with Gasteiger partial charge in [0, 0.05) is 12.5 Å². The maximum atomic E-state index is 13.2. The number of carbonyl (C=O) groups is 1. The minimum absolute atomic E-state index is 0.0230. The molecule has 2 N–H and O–H groups in total. The minimum Gasteiger partial charge on any atom is -0.394 e. The van der Waals surface area contributed by atoms with Crippen molar-refractivity contribution in [2.45, 2.75) is 31.9 Å². The number of allylic oxidation sites excluding steroid dienone is 2. The van der Waals surface area contributed by atoms with Crippen LogP contribution in [0.4, 0.5) is 0 Å². The van der Waals surface area contributed by atoms with Crippen LogP contribution in [0.2, 0.25) is 0 Å². The third-order valence-corrected chi connectivity index (χ3v) is 6.52. The number of ether oxygens (including phenoxy) is 1. The quantitative estimate of drug-likeness (QED) is 0.468. The molecule has 4 nitrogen and oxygen atoms in total. The normalized spacial score (nSPS) is 25.4. The Kier molecular flexibility index (Phi) is 6.98. The number of aliphatic hydroxyl groups excluding tert-OH is 1. The SMILES string of the molecule is O=C(N[C@H](CO)Cc1ccccc1)[C@H]1[C@H](CCOCc2ccccc2)[C@H]2C=C[C@@H]1C2. The van der Waals surface area contributed by atoms with Crippen molar-refractivity contribution in [3.8, 4) is 0 Å².